The van der Waals surface area contributed by atoms with Gasteiger partial charge in [0, 0.05) is 19.8 Å². The van der Waals surface area contributed by atoms with E-state index in [1.54, 1.807) is 0 Å². The molecule has 4 heteroatoms. The molecule has 0 saturated heterocycles. The third-order valence-electron chi connectivity index (χ3n) is 1.54. The van der Waals surface area contributed by atoms with Crippen LogP contribution in [0, 0.1) is 0 Å². The van der Waals surface area contributed by atoms with Crippen LogP contribution in [0.4, 0.5) is 0 Å². The molecule has 0 aliphatic heterocycles. The second kappa shape index (κ2) is 36.1. The molecule has 0 bridgehead atoms. The van der Waals surface area contributed by atoms with Crippen LogP contribution in [0.1, 0.15) is 59.3 Å². The summed E-state index contributed by atoms with van der Waals surface area (Å²) >= 11 is 0. The number of hydrogen-bond acceptors (Lipinski definition) is 3. The van der Waals surface area contributed by atoms with Crippen LogP contribution >= 0.6 is 0 Å². The van der Waals surface area contributed by atoms with Gasteiger partial charge in [0.05, 0.1) is 0 Å². The molecule has 0 aromatic heterocycles. The van der Waals surface area contributed by atoms with Crippen molar-refractivity contribution in [1.82, 2.24) is 0 Å². The van der Waals surface area contributed by atoms with Crippen molar-refractivity contribution in [1.29, 1.82) is 0 Å². The van der Waals surface area contributed by atoms with Gasteiger partial charge in [0.2, 0.25) is 0 Å². The van der Waals surface area contributed by atoms with Crippen LogP contribution in [-0.4, -0.2) is 53.1 Å². The number of unbranched alkanes of at least 4 members (excludes halogenated alkanes) is 3. The minimum atomic E-state index is 0. The fraction of sp³-hybridized carbons (Fsp3) is 1.00. The third-order valence-corrected chi connectivity index (χ3v) is 1.54. The van der Waals surface area contributed by atoms with Crippen molar-refractivity contribution < 1.29 is 15.3 Å². The molecule has 0 fully saturated rings. The topological polar surface area (TPSA) is 60.7 Å². The molecule has 0 aromatic rings. The maximum atomic E-state index is 8.07. The van der Waals surface area contributed by atoms with Gasteiger partial charge in [-0.25, -0.2) is 0 Å². The number of rotatable bonds is 6. The predicted molar refractivity (Wildman–Crippen MR) is 75.9 cm³/mol. The first-order valence-electron chi connectivity index (χ1n) is 6.07. The SMILES string of the molecule is CCCCO.CCCCO.CCCCO.[AsH3]. The molecule has 3 N–H and O–H groups in total. The summed E-state index contributed by atoms with van der Waals surface area (Å²) in [5.74, 6) is 0. The van der Waals surface area contributed by atoms with Crippen LogP contribution in [0.15, 0.2) is 0 Å². The number of aliphatic hydroxyl groups is 3. The number of aliphatic hydroxyl groups excluding tert-OH is 3. The van der Waals surface area contributed by atoms with Crippen LogP contribution in [0.2, 0.25) is 0 Å². The van der Waals surface area contributed by atoms with Gasteiger partial charge in [0.25, 0.3) is 0 Å². The van der Waals surface area contributed by atoms with Gasteiger partial charge in [-0.05, 0) is 19.3 Å². The average molecular weight is 300 g/mol. The van der Waals surface area contributed by atoms with Crippen LogP contribution in [-0.2, 0) is 0 Å². The number of hydrogen-bond donors (Lipinski definition) is 3. The summed E-state index contributed by atoms with van der Waals surface area (Å²) in [4.78, 5) is 0. The average Bonchev–Trinajstić information content (AvgIpc) is 2.23. The first-order valence-corrected chi connectivity index (χ1v) is 6.07. The van der Waals surface area contributed by atoms with Gasteiger partial charge in [-0.15, -0.1) is 0 Å². The Balaban J connectivity index is -0.0000000655. The van der Waals surface area contributed by atoms with Gasteiger partial charge in [-0.1, -0.05) is 40.0 Å². The van der Waals surface area contributed by atoms with E-state index in [0.717, 1.165) is 38.5 Å². The molecule has 0 aliphatic carbocycles. The zero-order valence-electron chi connectivity index (χ0n) is 11.4. The molecule has 0 amide bonds. The van der Waals surface area contributed by atoms with Crippen molar-refractivity contribution in [3.63, 3.8) is 0 Å². The second-order valence-electron chi connectivity index (χ2n) is 3.23. The second-order valence-corrected chi connectivity index (χ2v) is 3.23. The minimum absolute atomic E-state index is 0. The van der Waals surface area contributed by atoms with E-state index in [-0.39, 0.29) is 18.0 Å². The Hall–Kier alpha value is 0.438. The normalized spacial score (nSPS) is 7.88. The first kappa shape index (κ1) is 25.3. The maximum absolute atomic E-state index is 8.07. The van der Waals surface area contributed by atoms with Gasteiger partial charge in [-0.3, -0.25) is 0 Å². The van der Waals surface area contributed by atoms with E-state index in [4.69, 9.17) is 15.3 Å². The van der Waals surface area contributed by atoms with Gasteiger partial charge in [0.15, 0.2) is 0 Å². The van der Waals surface area contributed by atoms with Gasteiger partial charge >= 0.3 is 18.0 Å². The Morgan fingerprint density at radius 3 is 0.750 bits per heavy atom. The van der Waals surface area contributed by atoms with E-state index >= 15 is 0 Å². The van der Waals surface area contributed by atoms with Crippen LogP contribution in [0.5, 0.6) is 0 Å². The molecule has 0 spiro atoms. The standard InChI is InChI=1S/3C4H10O.AsH3/c3*1-2-3-4-5;/h3*5H,2-4H2,1H3;1H3. The van der Waals surface area contributed by atoms with Crippen molar-refractivity contribution in [2.24, 2.45) is 0 Å². The fourth-order valence-electron chi connectivity index (χ4n) is 0.474. The van der Waals surface area contributed by atoms with Gasteiger partial charge in [0.1, 0.15) is 0 Å². The summed E-state index contributed by atoms with van der Waals surface area (Å²) in [6, 6.07) is 0. The Labute approximate surface area is 113 Å². The fourth-order valence-corrected chi connectivity index (χ4v) is 0.474. The molecule has 0 rings (SSSR count). The molecule has 104 valence electrons. The monoisotopic (exact) mass is 300 g/mol. The van der Waals surface area contributed by atoms with Crippen LogP contribution < -0.4 is 0 Å². The Morgan fingerprint density at radius 1 is 0.562 bits per heavy atom. The van der Waals surface area contributed by atoms with E-state index < -0.39 is 0 Å². The van der Waals surface area contributed by atoms with E-state index in [9.17, 15) is 0 Å². The van der Waals surface area contributed by atoms with Gasteiger partial charge in [-0.2, -0.15) is 0 Å². The Kier molecular flexibility index (Phi) is 57.2. The Bertz CT molecular complexity index is 53.0. The Morgan fingerprint density at radius 2 is 0.750 bits per heavy atom. The molecule has 1 atom stereocenters. The first-order chi connectivity index (χ1) is 7.24. The van der Waals surface area contributed by atoms with Crippen LogP contribution in [0.3, 0.4) is 0 Å². The summed E-state index contributed by atoms with van der Waals surface area (Å²) in [5, 5.41) is 24.2. The molecule has 1 unspecified atom stereocenters. The molecular formula is C12H33AsO3. The molecule has 0 aliphatic rings. The molecule has 16 heavy (non-hydrogen) atoms. The van der Waals surface area contributed by atoms with Crippen molar-refractivity contribution in [3.8, 4) is 0 Å². The summed E-state index contributed by atoms with van der Waals surface area (Å²) in [5.41, 5.74) is 0. The van der Waals surface area contributed by atoms with Gasteiger partial charge < -0.3 is 15.3 Å². The van der Waals surface area contributed by atoms with Crippen LogP contribution in [0.25, 0.3) is 0 Å². The molecule has 0 radical (unpaired) electrons. The summed E-state index contributed by atoms with van der Waals surface area (Å²) in [6.07, 6.45) is 6.11. The predicted octanol–water partition coefficient (Wildman–Crippen LogP) is 1.15. The quantitative estimate of drug-likeness (QED) is 0.645. The van der Waals surface area contributed by atoms with Crippen molar-refractivity contribution in [2.45, 2.75) is 59.3 Å². The van der Waals surface area contributed by atoms with E-state index in [1.807, 2.05) is 0 Å². The zero-order valence-corrected chi connectivity index (χ0v) is 14.4. The summed E-state index contributed by atoms with van der Waals surface area (Å²) < 4.78 is 0. The summed E-state index contributed by atoms with van der Waals surface area (Å²) in [7, 11) is 0. The summed E-state index contributed by atoms with van der Waals surface area (Å²) in [6.45, 7) is 7.19. The zero-order chi connectivity index (χ0) is 12.4. The van der Waals surface area contributed by atoms with E-state index in [1.165, 1.54) is 0 Å². The van der Waals surface area contributed by atoms with E-state index in [0.29, 0.717) is 19.8 Å². The van der Waals surface area contributed by atoms with Crippen molar-refractivity contribution in [3.05, 3.63) is 0 Å². The van der Waals surface area contributed by atoms with Crippen molar-refractivity contribution >= 4 is 18.0 Å². The van der Waals surface area contributed by atoms with Crippen molar-refractivity contribution in [2.75, 3.05) is 19.8 Å². The molecular weight excluding hydrogens is 267 g/mol. The molecule has 0 saturated carbocycles. The molecule has 3 nitrogen and oxygen atoms in total. The van der Waals surface area contributed by atoms with E-state index in [2.05, 4.69) is 20.8 Å². The molecule has 0 heterocycles. The molecule has 0 aromatic carbocycles. The third kappa shape index (κ3) is 62.9.